The molecule has 0 N–H and O–H groups in total. The summed E-state index contributed by atoms with van der Waals surface area (Å²) in [5.74, 6) is 0. The van der Waals surface area contributed by atoms with E-state index in [1.54, 1.807) is 11.1 Å². The molecule has 0 bridgehead atoms. The van der Waals surface area contributed by atoms with Gasteiger partial charge in [-0.25, -0.2) is 0 Å². The second kappa shape index (κ2) is 3.66. The quantitative estimate of drug-likeness (QED) is 0.641. The Morgan fingerprint density at radius 3 is 2.67 bits per heavy atom. The van der Waals surface area contributed by atoms with E-state index in [9.17, 15) is 0 Å². The maximum Gasteiger partial charge on any atom is -0.0101 e. The van der Waals surface area contributed by atoms with E-state index >= 15 is 0 Å². The van der Waals surface area contributed by atoms with Crippen molar-refractivity contribution in [1.29, 1.82) is 0 Å². The van der Waals surface area contributed by atoms with Gasteiger partial charge in [-0.2, -0.15) is 0 Å². The van der Waals surface area contributed by atoms with Crippen molar-refractivity contribution in [3.63, 3.8) is 0 Å². The van der Waals surface area contributed by atoms with Gasteiger partial charge >= 0.3 is 0 Å². The van der Waals surface area contributed by atoms with Gasteiger partial charge in [0.2, 0.25) is 0 Å². The van der Waals surface area contributed by atoms with Crippen LogP contribution >= 0.6 is 0 Å². The zero-order chi connectivity index (χ0) is 11.1. The van der Waals surface area contributed by atoms with Crippen LogP contribution in [0.2, 0.25) is 0 Å². The Labute approximate surface area is 93.7 Å². The third-order valence-corrected chi connectivity index (χ3v) is 3.92. The van der Waals surface area contributed by atoms with Crippen molar-refractivity contribution < 1.29 is 0 Å². The van der Waals surface area contributed by atoms with Gasteiger partial charge in [0.1, 0.15) is 0 Å². The fourth-order valence-corrected chi connectivity index (χ4v) is 2.89. The van der Waals surface area contributed by atoms with Crippen molar-refractivity contribution in [2.75, 3.05) is 0 Å². The molecule has 0 aliphatic heterocycles. The Balaban J connectivity index is 2.56. The molecule has 0 radical (unpaired) electrons. The van der Waals surface area contributed by atoms with E-state index in [0.29, 0.717) is 5.41 Å². The van der Waals surface area contributed by atoms with Crippen LogP contribution in [-0.4, -0.2) is 0 Å². The number of rotatable bonds is 1. The van der Waals surface area contributed by atoms with Crippen LogP contribution in [0.5, 0.6) is 0 Å². The molecule has 2 rings (SSSR count). The molecular formula is C15H22. The minimum atomic E-state index is 0.394. The first-order valence-electron chi connectivity index (χ1n) is 6.17. The van der Waals surface area contributed by atoms with Crippen molar-refractivity contribution in [2.24, 2.45) is 0 Å². The SMILES string of the molecule is CCc1cc2c(cc1C)CCCC2(C)C. The second-order valence-corrected chi connectivity index (χ2v) is 5.53. The van der Waals surface area contributed by atoms with Crippen molar-refractivity contribution >= 4 is 0 Å². The third kappa shape index (κ3) is 1.82. The first kappa shape index (κ1) is 10.7. The zero-order valence-corrected chi connectivity index (χ0v) is 10.5. The Kier molecular flexibility index (Phi) is 2.62. The van der Waals surface area contributed by atoms with Crippen molar-refractivity contribution in [3.05, 3.63) is 34.4 Å². The number of fused-ring (bicyclic) bond motifs is 1. The van der Waals surface area contributed by atoms with Crippen LogP contribution in [0.3, 0.4) is 0 Å². The van der Waals surface area contributed by atoms with Crippen LogP contribution in [0.4, 0.5) is 0 Å². The summed E-state index contributed by atoms with van der Waals surface area (Å²) in [5, 5.41) is 0. The molecule has 0 spiro atoms. The highest BCUT2D eigenvalue weighted by molar-refractivity contribution is 5.43. The van der Waals surface area contributed by atoms with Gasteiger partial charge in [0.25, 0.3) is 0 Å². The predicted molar refractivity (Wildman–Crippen MR) is 66.5 cm³/mol. The van der Waals surface area contributed by atoms with E-state index in [-0.39, 0.29) is 0 Å². The average Bonchev–Trinajstić information content (AvgIpc) is 2.16. The van der Waals surface area contributed by atoms with Gasteiger partial charge < -0.3 is 0 Å². The van der Waals surface area contributed by atoms with Crippen molar-refractivity contribution in [2.45, 2.75) is 58.8 Å². The monoisotopic (exact) mass is 202 g/mol. The summed E-state index contributed by atoms with van der Waals surface area (Å²) in [7, 11) is 0. The molecule has 15 heavy (non-hydrogen) atoms. The molecule has 0 saturated heterocycles. The highest BCUT2D eigenvalue weighted by Crippen LogP contribution is 2.37. The summed E-state index contributed by atoms with van der Waals surface area (Å²) < 4.78 is 0. The molecule has 0 aromatic heterocycles. The van der Waals surface area contributed by atoms with Gasteiger partial charge in [-0.1, -0.05) is 32.9 Å². The molecule has 1 aliphatic carbocycles. The highest BCUT2D eigenvalue weighted by atomic mass is 14.3. The summed E-state index contributed by atoms with van der Waals surface area (Å²) in [4.78, 5) is 0. The first-order chi connectivity index (χ1) is 7.04. The lowest BCUT2D eigenvalue weighted by atomic mass is 9.71. The van der Waals surface area contributed by atoms with Crippen LogP contribution in [0.25, 0.3) is 0 Å². The fraction of sp³-hybridized carbons (Fsp3) is 0.600. The minimum absolute atomic E-state index is 0.394. The molecule has 1 aliphatic rings. The van der Waals surface area contributed by atoms with E-state index in [4.69, 9.17) is 0 Å². The summed E-state index contributed by atoms with van der Waals surface area (Å²) in [6, 6.07) is 4.89. The van der Waals surface area contributed by atoms with Gasteiger partial charge in [-0.15, -0.1) is 0 Å². The van der Waals surface area contributed by atoms with Crippen LogP contribution < -0.4 is 0 Å². The van der Waals surface area contributed by atoms with E-state index in [2.05, 4.69) is 39.8 Å². The predicted octanol–water partition coefficient (Wildman–Crippen LogP) is 4.17. The number of aryl methyl sites for hydroxylation is 3. The first-order valence-corrected chi connectivity index (χ1v) is 6.17. The number of benzene rings is 1. The van der Waals surface area contributed by atoms with Crippen molar-refractivity contribution in [1.82, 2.24) is 0 Å². The Morgan fingerprint density at radius 1 is 1.27 bits per heavy atom. The smallest absolute Gasteiger partial charge is 0.0101 e. The summed E-state index contributed by atoms with van der Waals surface area (Å²) in [6.45, 7) is 9.28. The van der Waals surface area contributed by atoms with Gasteiger partial charge in [0.15, 0.2) is 0 Å². The molecule has 1 aromatic rings. The Morgan fingerprint density at radius 2 is 2.00 bits per heavy atom. The molecule has 82 valence electrons. The van der Waals surface area contributed by atoms with E-state index in [0.717, 1.165) is 6.42 Å². The molecule has 0 fully saturated rings. The Bertz CT molecular complexity index is 372. The van der Waals surface area contributed by atoms with Crippen LogP contribution in [0, 0.1) is 6.92 Å². The maximum atomic E-state index is 2.46. The molecule has 0 amide bonds. The van der Waals surface area contributed by atoms with Crippen LogP contribution in [0.1, 0.15) is 55.9 Å². The molecule has 0 heteroatoms. The zero-order valence-electron chi connectivity index (χ0n) is 10.5. The summed E-state index contributed by atoms with van der Waals surface area (Å²) in [6.07, 6.45) is 5.13. The molecule has 0 unspecified atom stereocenters. The third-order valence-electron chi connectivity index (χ3n) is 3.92. The number of hydrogen-bond acceptors (Lipinski definition) is 0. The molecule has 0 heterocycles. The normalized spacial score (nSPS) is 18.7. The van der Waals surface area contributed by atoms with Crippen LogP contribution in [-0.2, 0) is 18.3 Å². The lowest BCUT2D eigenvalue weighted by Crippen LogP contribution is -2.24. The molecule has 1 aromatic carbocycles. The van der Waals surface area contributed by atoms with E-state index in [1.807, 2.05) is 0 Å². The molecule has 0 atom stereocenters. The number of hydrogen-bond donors (Lipinski definition) is 0. The van der Waals surface area contributed by atoms with E-state index in [1.165, 1.54) is 30.4 Å². The van der Waals surface area contributed by atoms with Gasteiger partial charge in [0, 0.05) is 0 Å². The summed E-state index contributed by atoms with van der Waals surface area (Å²) >= 11 is 0. The minimum Gasteiger partial charge on any atom is -0.0613 e. The van der Waals surface area contributed by atoms with Crippen LogP contribution in [0.15, 0.2) is 12.1 Å². The topological polar surface area (TPSA) is 0 Å². The largest absolute Gasteiger partial charge is 0.0613 e. The lowest BCUT2D eigenvalue weighted by Gasteiger charge is -2.33. The lowest BCUT2D eigenvalue weighted by molar-refractivity contribution is 0.431. The van der Waals surface area contributed by atoms with Gasteiger partial charge in [-0.3, -0.25) is 0 Å². The highest BCUT2D eigenvalue weighted by Gasteiger charge is 2.27. The second-order valence-electron chi connectivity index (χ2n) is 5.53. The van der Waals surface area contributed by atoms with E-state index < -0.39 is 0 Å². The molecule has 0 nitrogen and oxygen atoms in total. The Hall–Kier alpha value is -0.780. The average molecular weight is 202 g/mol. The fourth-order valence-electron chi connectivity index (χ4n) is 2.89. The molecule has 0 saturated carbocycles. The summed E-state index contributed by atoms with van der Waals surface area (Å²) in [5.41, 5.74) is 6.61. The maximum absolute atomic E-state index is 2.46. The van der Waals surface area contributed by atoms with Gasteiger partial charge in [0.05, 0.1) is 0 Å². The van der Waals surface area contributed by atoms with Gasteiger partial charge in [-0.05, 0) is 60.3 Å². The standard InChI is InChI=1S/C15H22/c1-5-12-10-14-13(9-11(12)2)7-6-8-15(14,3)4/h9-10H,5-8H2,1-4H3. The van der Waals surface area contributed by atoms with Crippen molar-refractivity contribution in [3.8, 4) is 0 Å². The molecular weight excluding hydrogens is 180 g/mol.